The Morgan fingerprint density at radius 2 is 1.95 bits per heavy atom. The number of rotatable bonds is 4. The zero-order valence-electron chi connectivity index (χ0n) is 21.1. The van der Waals surface area contributed by atoms with Crippen molar-refractivity contribution in [3.8, 4) is 0 Å². The predicted molar refractivity (Wildman–Crippen MR) is 155 cm³/mol. The maximum Gasteiger partial charge on any atom is 0.335 e. The number of hydrogen-bond donors (Lipinski definition) is 2. The smallest absolute Gasteiger partial charge is 0.335 e. The Hall–Kier alpha value is -3.46. The highest BCUT2D eigenvalue weighted by molar-refractivity contribution is 6.31. The highest BCUT2D eigenvalue weighted by atomic mass is 35.5. The number of halogens is 3. The molecule has 8 rings (SSSR count). The molecule has 1 amide bonds. The van der Waals surface area contributed by atoms with Crippen LogP contribution < -0.4 is 5.32 Å². The lowest BCUT2D eigenvalue weighted by atomic mass is 9.73. The number of fused-ring (bicyclic) bond motifs is 7. The number of amides is 1. The molecule has 1 aliphatic carbocycles. The van der Waals surface area contributed by atoms with E-state index in [1.807, 2.05) is 10.7 Å². The first-order valence-electron chi connectivity index (χ1n) is 13.4. The molecule has 41 heavy (non-hydrogen) atoms. The van der Waals surface area contributed by atoms with Crippen molar-refractivity contribution in [2.75, 3.05) is 11.9 Å². The lowest BCUT2D eigenvalue weighted by molar-refractivity contribution is -0.128. The van der Waals surface area contributed by atoms with Crippen molar-refractivity contribution in [3.63, 3.8) is 0 Å². The number of carboxylic acid groups (broad SMARTS) is 1. The van der Waals surface area contributed by atoms with Crippen LogP contribution in [-0.4, -0.2) is 44.3 Å². The van der Waals surface area contributed by atoms with Crippen molar-refractivity contribution in [3.05, 3.63) is 92.8 Å². The van der Waals surface area contributed by atoms with Crippen molar-refractivity contribution in [1.29, 1.82) is 0 Å². The van der Waals surface area contributed by atoms with Crippen LogP contribution in [0.1, 0.15) is 59.4 Å². The number of anilines is 1. The summed E-state index contributed by atoms with van der Waals surface area (Å²) in [7, 11) is 0. The first-order valence-corrected chi connectivity index (χ1v) is 14.1. The third-order valence-electron chi connectivity index (χ3n) is 9.23. The number of hydrogen-bond acceptors (Lipinski definition) is 4. The molecular weight excluding hydrogens is 566 g/mol. The number of carboxylic acids is 1. The van der Waals surface area contributed by atoms with E-state index in [-0.39, 0.29) is 30.0 Å². The van der Waals surface area contributed by atoms with E-state index in [0.29, 0.717) is 40.7 Å². The van der Waals surface area contributed by atoms with E-state index in [1.165, 1.54) is 6.07 Å². The Morgan fingerprint density at radius 1 is 1.15 bits per heavy atom. The summed E-state index contributed by atoms with van der Waals surface area (Å²) in [5.74, 6) is -1.99. The Balaban J connectivity index is 0.00000276. The summed E-state index contributed by atoms with van der Waals surface area (Å²) in [6, 6.07) is 14.7. The Labute approximate surface area is 245 Å². The van der Waals surface area contributed by atoms with Gasteiger partial charge in [-0.3, -0.25) is 14.4 Å². The molecule has 4 aromatic rings. The van der Waals surface area contributed by atoms with Gasteiger partial charge in [0.2, 0.25) is 5.91 Å². The van der Waals surface area contributed by atoms with Crippen LogP contribution in [0.15, 0.2) is 54.6 Å². The molecular formula is C31H27Cl2FN4O3. The van der Waals surface area contributed by atoms with Crippen molar-refractivity contribution in [2.45, 2.75) is 50.2 Å². The number of aromatic nitrogens is 2. The lowest BCUT2D eigenvalue weighted by Crippen LogP contribution is -2.53. The molecule has 0 radical (unpaired) electrons. The normalized spacial score (nSPS) is 26.1. The van der Waals surface area contributed by atoms with Crippen LogP contribution in [-0.2, 0) is 16.8 Å². The summed E-state index contributed by atoms with van der Waals surface area (Å²) >= 11 is 12.7. The molecule has 210 valence electrons. The molecule has 4 aliphatic rings. The summed E-state index contributed by atoms with van der Waals surface area (Å²) in [4.78, 5) is 28.4. The monoisotopic (exact) mass is 592 g/mol. The van der Waals surface area contributed by atoms with Gasteiger partial charge in [0.05, 0.1) is 22.1 Å². The average molecular weight is 593 g/mol. The van der Waals surface area contributed by atoms with Crippen LogP contribution in [0.25, 0.3) is 10.9 Å². The Morgan fingerprint density at radius 3 is 2.71 bits per heavy atom. The van der Waals surface area contributed by atoms with Crippen molar-refractivity contribution < 1.29 is 19.1 Å². The van der Waals surface area contributed by atoms with Crippen LogP contribution in [0.4, 0.5) is 10.1 Å². The number of likely N-dealkylation sites (tertiary alicyclic amines) is 1. The summed E-state index contributed by atoms with van der Waals surface area (Å²) in [5, 5.41) is 18.9. The molecule has 7 nitrogen and oxygen atoms in total. The Bertz CT molecular complexity index is 1790. The zero-order chi connectivity index (χ0) is 27.5. The van der Waals surface area contributed by atoms with Gasteiger partial charge < -0.3 is 10.4 Å². The van der Waals surface area contributed by atoms with E-state index in [9.17, 15) is 14.7 Å². The molecule has 10 heteroatoms. The fourth-order valence-corrected chi connectivity index (χ4v) is 7.83. The topological polar surface area (TPSA) is 87.5 Å². The number of carbonyl (C=O) groups excluding carboxylic acids is 1. The second kappa shape index (κ2) is 9.02. The van der Waals surface area contributed by atoms with E-state index in [1.54, 1.807) is 42.5 Å². The summed E-state index contributed by atoms with van der Waals surface area (Å²) in [6.07, 6.45) is 2.70. The summed E-state index contributed by atoms with van der Waals surface area (Å²) in [6.45, 7) is 0.679. The third kappa shape index (κ3) is 3.50. The lowest BCUT2D eigenvalue weighted by Gasteiger charge is -2.40. The second-order valence-corrected chi connectivity index (χ2v) is 12.2. The SMILES string of the molecule is C.O=C(O)c1ccc2nn3c(c2c1)C[C@H]1[C@@H]3[C@H](c2cccc(Cl)c2F)[C@]2(C(=O)Nc3cc(Cl)ccc32)N1CC1CC1. The van der Waals surface area contributed by atoms with Gasteiger partial charge in [-0.25, -0.2) is 9.18 Å². The van der Waals surface area contributed by atoms with Gasteiger partial charge in [-0.15, -0.1) is 0 Å². The molecule has 1 saturated carbocycles. The summed E-state index contributed by atoms with van der Waals surface area (Å²) in [5.41, 5.74) is 2.30. The van der Waals surface area contributed by atoms with Crippen molar-refractivity contribution in [1.82, 2.24) is 14.7 Å². The number of nitrogens with one attached hydrogen (secondary N) is 1. The fourth-order valence-electron chi connectivity index (χ4n) is 7.48. The van der Waals surface area contributed by atoms with Crippen LogP contribution in [0, 0.1) is 11.7 Å². The van der Waals surface area contributed by atoms with Crippen LogP contribution in [0.5, 0.6) is 0 Å². The fraction of sp³-hybridized carbons (Fsp3) is 0.323. The van der Waals surface area contributed by atoms with Crippen LogP contribution in [0.2, 0.25) is 10.0 Å². The maximum atomic E-state index is 16.0. The largest absolute Gasteiger partial charge is 0.478 e. The molecule has 0 bridgehead atoms. The molecule has 1 aromatic heterocycles. The molecule has 3 aromatic carbocycles. The number of benzene rings is 3. The van der Waals surface area contributed by atoms with E-state index in [2.05, 4.69) is 10.2 Å². The molecule has 0 unspecified atom stereocenters. The van der Waals surface area contributed by atoms with Gasteiger partial charge in [0.1, 0.15) is 11.4 Å². The van der Waals surface area contributed by atoms with Gasteiger partial charge in [0.25, 0.3) is 0 Å². The van der Waals surface area contributed by atoms with E-state index in [0.717, 1.165) is 29.5 Å². The number of aromatic carboxylic acids is 1. The number of nitrogens with zero attached hydrogens (tertiary/aromatic N) is 3. The van der Waals surface area contributed by atoms with E-state index >= 15 is 4.39 Å². The molecule has 2 N–H and O–H groups in total. The standard InChI is InChI=1S/C30H23Cl2FN4O3.CH4/c31-16-7-8-19-22(11-16)34-29(40)30(19)25(17-2-1-3-20(32)26(17)33)27-24(36(30)13-14-4-5-14)12-23-18-10-15(28(38)39)6-9-21(18)35-37(23)27;/h1-3,6-11,14,24-25,27H,4-5,12-13H2,(H,34,40)(H,38,39);1H4/t24-,25-,27+,30+;/m0./s1. The van der Waals surface area contributed by atoms with E-state index in [4.69, 9.17) is 28.3 Å². The van der Waals surface area contributed by atoms with Crippen molar-refractivity contribution in [2.24, 2.45) is 5.92 Å². The molecule has 2 fully saturated rings. The van der Waals surface area contributed by atoms with Gasteiger partial charge >= 0.3 is 5.97 Å². The van der Waals surface area contributed by atoms with Gasteiger partial charge in [0, 0.05) is 52.3 Å². The quantitative estimate of drug-likeness (QED) is 0.277. The Kier molecular flexibility index (Phi) is 5.82. The minimum Gasteiger partial charge on any atom is -0.478 e. The number of carbonyl (C=O) groups is 2. The molecule has 1 spiro atoms. The third-order valence-corrected chi connectivity index (χ3v) is 9.75. The van der Waals surface area contributed by atoms with Gasteiger partial charge in [0.15, 0.2) is 0 Å². The first-order chi connectivity index (χ1) is 19.3. The zero-order valence-corrected chi connectivity index (χ0v) is 22.6. The van der Waals surface area contributed by atoms with Gasteiger partial charge in [-0.1, -0.05) is 48.8 Å². The minimum absolute atomic E-state index is 0. The highest BCUT2D eigenvalue weighted by Gasteiger charge is 2.69. The minimum atomic E-state index is -1.20. The van der Waals surface area contributed by atoms with Crippen LogP contribution >= 0.6 is 23.2 Å². The molecule has 1 saturated heterocycles. The molecule has 4 heterocycles. The van der Waals surface area contributed by atoms with Gasteiger partial charge in [-0.05, 0) is 60.7 Å². The predicted octanol–water partition coefficient (Wildman–Crippen LogP) is 6.64. The average Bonchev–Trinajstić information content (AvgIpc) is 3.37. The highest BCUT2D eigenvalue weighted by Crippen LogP contribution is 2.64. The van der Waals surface area contributed by atoms with Crippen LogP contribution in [0.3, 0.4) is 0 Å². The second-order valence-electron chi connectivity index (χ2n) is 11.3. The van der Waals surface area contributed by atoms with Gasteiger partial charge in [-0.2, -0.15) is 5.10 Å². The molecule has 3 aliphatic heterocycles. The maximum absolute atomic E-state index is 16.0. The van der Waals surface area contributed by atoms with Crippen molar-refractivity contribution >= 4 is 51.7 Å². The molecule has 4 atom stereocenters. The summed E-state index contributed by atoms with van der Waals surface area (Å²) < 4.78 is 18.0. The van der Waals surface area contributed by atoms with E-state index < -0.39 is 29.3 Å². The first kappa shape index (κ1) is 26.4.